The number of hydrogen-bond donors (Lipinski definition) is 4. The second-order valence-electron chi connectivity index (χ2n) is 6.30. The van der Waals surface area contributed by atoms with Crippen LogP contribution in [-0.2, 0) is 11.3 Å². The van der Waals surface area contributed by atoms with E-state index in [0.29, 0.717) is 6.42 Å². The number of carboxylic acids is 1. The van der Waals surface area contributed by atoms with Crippen molar-refractivity contribution < 1.29 is 14.7 Å². The number of hydrogen-bond acceptors (Lipinski definition) is 4. The quantitative estimate of drug-likeness (QED) is 0.246. The lowest BCUT2D eigenvalue weighted by atomic mass is 10.1. The summed E-state index contributed by atoms with van der Waals surface area (Å²) < 4.78 is 2.27. The molecular weight excluding hydrogens is 442 g/mol. The molecule has 1 heterocycles. The summed E-state index contributed by atoms with van der Waals surface area (Å²) >= 11 is 3.38. The van der Waals surface area contributed by atoms with Crippen molar-refractivity contribution in [3.8, 4) is 0 Å². The first-order valence-corrected chi connectivity index (χ1v) is 9.60. The standard InChI is InChI=1S/C19H22BrN5O4/c20-13-5-1-4-12(10-13)11-25-9-3-6-14(17(25)27)16(26)24-15(18(28)29)7-2-8-23-19(21)22/h1,3-6,9-10,15H,2,7-8,11H2,(H,24,26)(H,28,29)(H4,21,22,23). The third kappa shape index (κ3) is 6.75. The summed E-state index contributed by atoms with van der Waals surface area (Å²) in [5, 5.41) is 11.7. The van der Waals surface area contributed by atoms with Crippen molar-refractivity contribution in [2.45, 2.75) is 25.4 Å². The number of carboxylic acid groups (broad SMARTS) is 1. The highest BCUT2D eigenvalue weighted by Crippen LogP contribution is 2.12. The Balaban J connectivity index is 2.12. The van der Waals surface area contributed by atoms with Crippen LogP contribution in [0.2, 0.25) is 0 Å². The molecule has 1 amide bonds. The van der Waals surface area contributed by atoms with Gasteiger partial charge in [0.2, 0.25) is 0 Å². The molecule has 2 rings (SSSR count). The molecule has 1 aromatic carbocycles. The predicted octanol–water partition coefficient (Wildman–Crippen LogP) is 0.896. The van der Waals surface area contributed by atoms with Gasteiger partial charge in [-0.25, -0.2) is 4.79 Å². The lowest BCUT2D eigenvalue weighted by Gasteiger charge is -2.14. The number of carbonyl (C=O) groups excluding carboxylic acids is 1. The fraction of sp³-hybridized carbons (Fsp3) is 0.263. The number of halogens is 1. The maximum absolute atomic E-state index is 12.7. The average Bonchev–Trinajstić information content (AvgIpc) is 2.65. The van der Waals surface area contributed by atoms with Gasteiger partial charge in [-0.1, -0.05) is 28.1 Å². The van der Waals surface area contributed by atoms with Gasteiger partial charge in [-0.05, 0) is 42.7 Å². The first kappa shape index (κ1) is 22.2. The van der Waals surface area contributed by atoms with Crippen LogP contribution in [0.25, 0.3) is 0 Å². The largest absolute Gasteiger partial charge is 0.480 e. The molecule has 0 spiro atoms. The summed E-state index contributed by atoms with van der Waals surface area (Å²) in [6, 6.07) is 9.23. The summed E-state index contributed by atoms with van der Waals surface area (Å²) in [6.45, 7) is 0.521. The van der Waals surface area contributed by atoms with Gasteiger partial charge >= 0.3 is 5.97 Å². The fourth-order valence-electron chi connectivity index (χ4n) is 2.66. The van der Waals surface area contributed by atoms with E-state index >= 15 is 0 Å². The number of rotatable bonds is 9. The molecule has 0 saturated carbocycles. The zero-order chi connectivity index (χ0) is 21.4. The van der Waals surface area contributed by atoms with Gasteiger partial charge in [0, 0.05) is 17.2 Å². The number of pyridine rings is 1. The number of nitrogens with zero attached hydrogens (tertiary/aromatic N) is 2. The van der Waals surface area contributed by atoms with E-state index in [1.165, 1.54) is 10.6 Å². The molecule has 10 heteroatoms. The van der Waals surface area contributed by atoms with Gasteiger partial charge in [-0.3, -0.25) is 14.6 Å². The molecule has 0 bridgehead atoms. The van der Waals surface area contributed by atoms with E-state index in [9.17, 15) is 19.5 Å². The lowest BCUT2D eigenvalue weighted by Crippen LogP contribution is -2.43. The molecule has 9 nitrogen and oxygen atoms in total. The smallest absolute Gasteiger partial charge is 0.326 e. The molecule has 0 fully saturated rings. The van der Waals surface area contributed by atoms with Crippen LogP contribution >= 0.6 is 15.9 Å². The monoisotopic (exact) mass is 463 g/mol. The summed E-state index contributed by atoms with van der Waals surface area (Å²) in [6.07, 6.45) is 2.05. The van der Waals surface area contributed by atoms with Crippen LogP contribution in [0.15, 0.2) is 56.9 Å². The van der Waals surface area contributed by atoms with E-state index < -0.39 is 23.5 Å². The molecule has 0 radical (unpaired) electrons. The van der Waals surface area contributed by atoms with Gasteiger partial charge in [0.15, 0.2) is 5.96 Å². The normalized spacial score (nSPS) is 11.5. The molecule has 0 aliphatic carbocycles. The van der Waals surface area contributed by atoms with Crippen LogP contribution in [0.1, 0.15) is 28.8 Å². The molecule has 1 aromatic heterocycles. The van der Waals surface area contributed by atoms with Gasteiger partial charge in [0.05, 0.1) is 6.54 Å². The summed E-state index contributed by atoms with van der Waals surface area (Å²) in [7, 11) is 0. The maximum Gasteiger partial charge on any atom is 0.326 e. The molecule has 0 aliphatic heterocycles. The molecule has 1 unspecified atom stereocenters. The second kappa shape index (κ2) is 10.4. The Bertz CT molecular complexity index is 969. The maximum atomic E-state index is 12.7. The highest BCUT2D eigenvalue weighted by Gasteiger charge is 2.22. The fourth-order valence-corrected chi connectivity index (χ4v) is 3.11. The van der Waals surface area contributed by atoms with E-state index in [2.05, 4.69) is 26.2 Å². The molecule has 1 atom stereocenters. The zero-order valence-electron chi connectivity index (χ0n) is 15.5. The first-order valence-electron chi connectivity index (χ1n) is 8.81. The second-order valence-corrected chi connectivity index (χ2v) is 7.21. The van der Waals surface area contributed by atoms with Gasteiger partial charge in [0.1, 0.15) is 11.6 Å². The molecule has 154 valence electrons. The number of amides is 1. The number of aromatic nitrogens is 1. The van der Waals surface area contributed by atoms with Crippen LogP contribution < -0.4 is 22.3 Å². The minimum absolute atomic E-state index is 0.0869. The van der Waals surface area contributed by atoms with E-state index in [4.69, 9.17) is 11.5 Å². The van der Waals surface area contributed by atoms with Crippen LogP contribution in [0.3, 0.4) is 0 Å². The lowest BCUT2D eigenvalue weighted by molar-refractivity contribution is -0.139. The molecule has 0 saturated heterocycles. The van der Waals surface area contributed by atoms with Crippen LogP contribution in [0.5, 0.6) is 0 Å². The third-order valence-corrected chi connectivity index (χ3v) is 4.55. The number of benzene rings is 1. The van der Waals surface area contributed by atoms with Crippen molar-refractivity contribution in [1.82, 2.24) is 9.88 Å². The van der Waals surface area contributed by atoms with E-state index in [-0.39, 0.29) is 31.0 Å². The Morgan fingerprint density at radius 3 is 2.66 bits per heavy atom. The van der Waals surface area contributed by atoms with Crippen molar-refractivity contribution >= 4 is 33.8 Å². The molecule has 29 heavy (non-hydrogen) atoms. The Morgan fingerprint density at radius 1 is 1.24 bits per heavy atom. The number of nitrogens with one attached hydrogen (secondary N) is 1. The van der Waals surface area contributed by atoms with Gasteiger partial charge < -0.3 is 26.5 Å². The van der Waals surface area contributed by atoms with Gasteiger partial charge in [-0.15, -0.1) is 0 Å². The topological polar surface area (TPSA) is 153 Å². The first-order chi connectivity index (χ1) is 13.8. The summed E-state index contributed by atoms with van der Waals surface area (Å²) in [5.41, 5.74) is 10.7. The Kier molecular flexibility index (Phi) is 7.96. The van der Waals surface area contributed by atoms with Crippen LogP contribution in [-0.4, -0.2) is 40.1 Å². The highest BCUT2D eigenvalue weighted by molar-refractivity contribution is 9.10. The highest BCUT2D eigenvalue weighted by atomic mass is 79.9. The van der Waals surface area contributed by atoms with Crippen molar-refractivity contribution in [1.29, 1.82) is 0 Å². The van der Waals surface area contributed by atoms with Gasteiger partial charge in [0.25, 0.3) is 11.5 Å². The molecule has 6 N–H and O–H groups in total. The van der Waals surface area contributed by atoms with E-state index in [0.717, 1.165) is 10.0 Å². The minimum atomic E-state index is -1.20. The Morgan fingerprint density at radius 2 is 2.00 bits per heavy atom. The number of carbonyl (C=O) groups is 2. The van der Waals surface area contributed by atoms with E-state index in [1.54, 1.807) is 12.3 Å². The SMILES string of the molecule is NC(N)=NCCCC(NC(=O)c1cccn(Cc2cccc(Br)c2)c1=O)C(=O)O. The minimum Gasteiger partial charge on any atom is -0.480 e. The number of nitrogens with two attached hydrogens (primary N) is 2. The van der Waals surface area contributed by atoms with Crippen LogP contribution in [0.4, 0.5) is 0 Å². The van der Waals surface area contributed by atoms with Crippen molar-refractivity contribution in [2.24, 2.45) is 16.5 Å². The van der Waals surface area contributed by atoms with Crippen molar-refractivity contribution in [3.63, 3.8) is 0 Å². The number of aliphatic carboxylic acids is 1. The van der Waals surface area contributed by atoms with Gasteiger partial charge in [-0.2, -0.15) is 0 Å². The Hall–Kier alpha value is -3.14. The third-order valence-electron chi connectivity index (χ3n) is 4.06. The molecular formula is C19H22BrN5O4. The summed E-state index contributed by atoms with van der Waals surface area (Å²) in [4.78, 5) is 40.4. The van der Waals surface area contributed by atoms with Crippen LogP contribution in [0, 0.1) is 0 Å². The molecule has 2 aromatic rings. The average molecular weight is 464 g/mol. The zero-order valence-corrected chi connectivity index (χ0v) is 17.1. The number of aliphatic imine (C=N–C) groups is 1. The van der Waals surface area contributed by atoms with Crippen molar-refractivity contribution in [3.05, 3.63) is 68.5 Å². The number of guanidine groups is 1. The molecule has 0 aliphatic rings. The Labute approximate surface area is 175 Å². The van der Waals surface area contributed by atoms with E-state index in [1.807, 2.05) is 24.3 Å². The predicted molar refractivity (Wildman–Crippen MR) is 113 cm³/mol. The summed E-state index contributed by atoms with van der Waals surface area (Å²) in [5.74, 6) is -2.03. The van der Waals surface area contributed by atoms with Crippen molar-refractivity contribution in [2.75, 3.05) is 6.54 Å².